The number of aliphatic imine (C=N–C) groups is 2. The number of para-hydroxylation sites is 1. The first-order valence-corrected chi connectivity index (χ1v) is 6.88. The highest BCUT2D eigenvalue weighted by Crippen LogP contribution is 2.23. The molecule has 1 N–H and O–H groups in total. The standard InChI is InChI=1S/C16H15N5O/c1-21-11-19-15-13(8-5-9-14(15)21)20-16(18-10-17)22-12-6-3-2-4-7-12/h2-9,11,14-15H,1H3,(H,18,20). The van der Waals surface area contributed by atoms with Gasteiger partial charge in [0.1, 0.15) is 11.8 Å². The number of amidine groups is 1. The summed E-state index contributed by atoms with van der Waals surface area (Å²) in [5, 5.41) is 11.9. The van der Waals surface area contributed by atoms with Crippen molar-refractivity contribution in [2.45, 2.75) is 12.1 Å². The lowest BCUT2D eigenvalue weighted by molar-refractivity contribution is 0.427. The largest absolute Gasteiger partial charge is 0.425 e. The van der Waals surface area contributed by atoms with Crippen LogP contribution in [0.25, 0.3) is 0 Å². The fourth-order valence-corrected chi connectivity index (χ4v) is 2.40. The van der Waals surface area contributed by atoms with Crippen molar-refractivity contribution in [3.05, 3.63) is 54.3 Å². The molecule has 6 heteroatoms. The van der Waals surface area contributed by atoms with Gasteiger partial charge in [-0.2, -0.15) is 5.26 Å². The molecule has 0 amide bonds. The number of allylic oxidation sites excluding steroid dienone is 2. The number of nitrogens with zero attached hydrogens (tertiary/aromatic N) is 4. The average molecular weight is 293 g/mol. The molecule has 0 fully saturated rings. The fourth-order valence-electron chi connectivity index (χ4n) is 2.40. The molecular formula is C16H15N5O. The van der Waals surface area contributed by atoms with Gasteiger partial charge in [0, 0.05) is 12.7 Å². The monoisotopic (exact) mass is 293 g/mol. The first kappa shape index (κ1) is 13.9. The van der Waals surface area contributed by atoms with Crippen LogP contribution in [0, 0.1) is 11.5 Å². The van der Waals surface area contributed by atoms with Crippen molar-refractivity contribution in [2.75, 3.05) is 7.05 Å². The summed E-state index contributed by atoms with van der Waals surface area (Å²) < 4.78 is 5.62. The maximum atomic E-state index is 8.84. The van der Waals surface area contributed by atoms with E-state index >= 15 is 0 Å². The van der Waals surface area contributed by atoms with Crippen molar-refractivity contribution in [3.8, 4) is 11.9 Å². The summed E-state index contributed by atoms with van der Waals surface area (Å²) >= 11 is 0. The predicted molar refractivity (Wildman–Crippen MR) is 84.3 cm³/mol. The first-order valence-electron chi connectivity index (χ1n) is 6.88. The summed E-state index contributed by atoms with van der Waals surface area (Å²) in [6.45, 7) is 0. The van der Waals surface area contributed by atoms with Crippen molar-refractivity contribution in [3.63, 3.8) is 0 Å². The van der Waals surface area contributed by atoms with E-state index in [0.29, 0.717) is 5.75 Å². The van der Waals surface area contributed by atoms with Crippen LogP contribution in [0.4, 0.5) is 0 Å². The normalized spacial score (nSPS) is 22.8. The van der Waals surface area contributed by atoms with Crippen molar-refractivity contribution < 1.29 is 4.74 Å². The minimum Gasteiger partial charge on any atom is -0.425 e. The van der Waals surface area contributed by atoms with Crippen LogP contribution >= 0.6 is 0 Å². The maximum absolute atomic E-state index is 8.84. The van der Waals surface area contributed by atoms with Crippen LogP contribution in [0.15, 0.2) is 64.2 Å². The highest BCUT2D eigenvalue weighted by atomic mass is 16.5. The van der Waals surface area contributed by atoms with E-state index in [4.69, 9.17) is 10.00 Å². The van der Waals surface area contributed by atoms with Gasteiger partial charge in [-0.1, -0.05) is 30.4 Å². The number of hydrogen-bond donors (Lipinski definition) is 1. The third-order valence-corrected chi connectivity index (χ3v) is 3.47. The van der Waals surface area contributed by atoms with Crippen LogP contribution < -0.4 is 10.1 Å². The van der Waals surface area contributed by atoms with E-state index in [2.05, 4.69) is 21.4 Å². The number of ether oxygens (including phenoxy) is 1. The molecular weight excluding hydrogens is 278 g/mol. The zero-order valence-electron chi connectivity index (χ0n) is 12.0. The number of nitrogens with one attached hydrogen (secondary N) is 1. The second-order valence-corrected chi connectivity index (χ2v) is 4.93. The highest BCUT2D eigenvalue weighted by Gasteiger charge is 2.31. The van der Waals surface area contributed by atoms with Crippen molar-refractivity contribution in [1.29, 1.82) is 5.26 Å². The molecule has 2 unspecified atom stereocenters. The summed E-state index contributed by atoms with van der Waals surface area (Å²) in [6, 6.07) is 9.47. The second-order valence-electron chi connectivity index (χ2n) is 4.93. The van der Waals surface area contributed by atoms with Gasteiger partial charge in [-0.05, 0) is 18.2 Å². The minimum atomic E-state index is -0.0433. The molecule has 1 aromatic rings. The molecule has 22 heavy (non-hydrogen) atoms. The van der Waals surface area contributed by atoms with E-state index in [1.54, 1.807) is 24.7 Å². The molecule has 0 spiro atoms. The minimum absolute atomic E-state index is 0.0433. The van der Waals surface area contributed by atoms with Crippen molar-refractivity contribution >= 4 is 12.4 Å². The molecule has 1 aromatic carbocycles. The third-order valence-electron chi connectivity index (χ3n) is 3.47. The van der Waals surface area contributed by atoms with Gasteiger partial charge in [0.05, 0.1) is 12.4 Å². The van der Waals surface area contributed by atoms with Gasteiger partial charge in [-0.15, -0.1) is 4.99 Å². The molecule has 6 nitrogen and oxygen atoms in total. The van der Waals surface area contributed by atoms with Crippen LogP contribution in [0.3, 0.4) is 0 Å². The molecule has 0 bridgehead atoms. The van der Waals surface area contributed by atoms with E-state index in [9.17, 15) is 0 Å². The second kappa shape index (κ2) is 6.14. The zero-order chi connectivity index (χ0) is 15.4. The van der Waals surface area contributed by atoms with Crippen molar-refractivity contribution in [2.24, 2.45) is 9.98 Å². The molecule has 0 aromatic heterocycles. The Morgan fingerprint density at radius 2 is 2.23 bits per heavy atom. The Labute approximate surface area is 128 Å². The van der Waals surface area contributed by atoms with E-state index in [-0.39, 0.29) is 18.1 Å². The fraction of sp³-hybridized carbons (Fsp3) is 0.188. The van der Waals surface area contributed by atoms with Crippen LogP contribution in [-0.4, -0.2) is 36.4 Å². The lowest BCUT2D eigenvalue weighted by Gasteiger charge is -2.26. The first-order chi connectivity index (χ1) is 10.8. The summed E-state index contributed by atoms with van der Waals surface area (Å²) in [7, 11) is 1.98. The Bertz CT molecular complexity index is 699. The Morgan fingerprint density at radius 1 is 1.41 bits per heavy atom. The summed E-state index contributed by atoms with van der Waals surface area (Å²) in [5.74, 6) is 0.611. The smallest absolute Gasteiger partial charge is 0.310 e. The Balaban J connectivity index is 1.76. The summed E-state index contributed by atoms with van der Waals surface area (Å²) in [5.41, 5.74) is 0.845. The predicted octanol–water partition coefficient (Wildman–Crippen LogP) is 1.66. The van der Waals surface area contributed by atoms with Crippen molar-refractivity contribution in [1.82, 2.24) is 10.2 Å². The average Bonchev–Trinajstić information content (AvgIpc) is 2.91. The van der Waals surface area contributed by atoms with E-state index in [0.717, 1.165) is 5.70 Å². The number of hydrogen-bond acceptors (Lipinski definition) is 5. The van der Waals surface area contributed by atoms with Gasteiger partial charge >= 0.3 is 6.02 Å². The maximum Gasteiger partial charge on any atom is 0.310 e. The molecule has 1 heterocycles. The van der Waals surface area contributed by atoms with Crippen LogP contribution in [-0.2, 0) is 0 Å². The number of nitriles is 1. The van der Waals surface area contributed by atoms with E-state index in [1.165, 1.54) is 0 Å². The molecule has 0 saturated carbocycles. The summed E-state index contributed by atoms with van der Waals surface area (Å²) in [6.07, 6.45) is 9.52. The lowest BCUT2D eigenvalue weighted by Crippen LogP contribution is -2.40. The molecule has 2 aliphatic rings. The number of fused-ring (bicyclic) bond motifs is 1. The van der Waals surface area contributed by atoms with Gasteiger partial charge in [-0.25, -0.2) is 0 Å². The van der Waals surface area contributed by atoms with Gasteiger partial charge in [-0.3, -0.25) is 4.99 Å². The SMILES string of the molecule is CN1C=NC2C(NC(=NC#N)Oc3ccccc3)=CC=CC21. The molecule has 1 aliphatic carbocycles. The topological polar surface area (TPSA) is 73.0 Å². The van der Waals surface area contributed by atoms with Gasteiger partial charge in [0.2, 0.25) is 6.19 Å². The van der Waals surface area contributed by atoms with Crippen LogP contribution in [0.2, 0.25) is 0 Å². The number of benzene rings is 1. The van der Waals surface area contributed by atoms with E-state index in [1.807, 2.05) is 42.3 Å². The van der Waals surface area contributed by atoms with Gasteiger partial charge < -0.3 is 15.0 Å². The van der Waals surface area contributed by atoms with E-state index < -0.39 is 0 Å². The third kappa shape index (κ3) is 2.83. The number of likely N-dealkylation sites (N-methyl/N-ethyl adjacent to an activating group) is 1. The molecule has 0 radical (unpaired) electrons. The van der Waals surface area contributed by atoms with Gasteiger partial charge in [0.25, 0.3) is 0 Å². The van der Waals surface area contributed by atoms with Crippen LogP contribution in [0.5, 0.6) is 5.75 Å². The lowest BCUT2D eigenvalue weighted by atomic mass is 10.0. The highest BCUT2D eigenvalue weighted by molar-refractivity contribution is 5.79. The molecule has 2 atom stereocenters. The molecule has 0 saturated heterocycles. The van der Waals surface area contributed by atoms with Crippen LogP contribution in [0.1, 0.15) is 0 Å². The Hall–Kier alpha value is -3.07. The number of rotatable bonds is 2. The zero-order valence-corrected chi connectivity index (χ0v) is 12.0. The molecule has 3 rings (SSSR count). The Morgan fingerprint density at radius 3 is 3.00 bits per heavy atom. The quantitative estimate of drug-likeness (QED) is 0.511. The molecule has 1 aliphatic heterocycles. The van der Waals surface area contributed by atoms with Gasteiger partial charge in [0.15, 0.2) is 0 Å². The summed E-state index contributed by atoms with van der Waals surface area (Å²) in [4.78, 5) is 10.2. The molecule has 110 valence electrons. The Kier molecular flexibility index (Phi) is 3.88.